The molecule has 1 saturated heterocycles. The van der Waals surface area contributed by atoms with E-state index in [-0.39, 0.29) is 23.4 Å². The van der Waals surface area contributed by atoms with Crippen molar-refractivity contribution in [2.45, 2.75) is 23.9 Å². The van der Waals surface area contributed by atoms with E-state index >= 15 is 0 Å². The van der Waals surface area contributed by atoms with E-state index < -0.39 is 17.4 Å². The van der Waals surface area contributed by atoms with Crippen LogP contribution in [0.3, 0.4) is 0 Å². The normalized spacial score (nSPS) is 23.2. The van der Waals surface area contributed by atoms with Gasteiger partial charge in [0.2, 0.25) is 0 Å². The lowest BCUT2D eigenvalue weighted by atomic mass is 9.69. The highest BCUT2D eigenvalue weighted by molar-refractivity contribution is 6.35. The Kier molecular flexibility index (Phi) is 5.26. The van der Waals surface area contributed by atoms with Crippen molar-refractivity contribution in [3.63, 3.8) is 0 Å². The summed E-state index contributed by atoms with van der Waals surface area (Å²) in [6.07, 6.45) is 0.703. The van der Waals surface area contributed by atoms with Gasteiger partial charge in [-0.05, 0) is 47.4 Å². The lowest BCUT2D eigenvalue weighted by Gasteiger charge is -2.41. The smallest absolute Gasteiger partial charge is 0.192 e. The molecule has 1 aliphatic carbocycles. The van der Waals surface area contributed by atoms with Gasteiger partial charge < -0.3 is 0 Å². The molecule has 4 aromatic rings. The number of ketones is 3. The number of hydrogen-bond acceptors (Lipinski definition) is 4. The van der Waals surface area contributed by atoms with Gasteiger partial charge in [-0.15, -0.1) is 0 Å². The van der Waals surface area contributed by atoms with Gasteiger partial charge in [-0.1, -0.05) is 90.5 Å². The summed E-state index contributed by atoms with van der Waals surface area (Å²) in [6.45, 7) is 0.515. The Morgan fingerprint density at radius 2 is 1.37 bits per heavy atom. The largest absolute Gasteiger partial charge is 0.294 e. The fourth-order valence-electron chi connectivity index (χ4n) is 7.13. The van der Waals surface area contributed by atoms with Crippen LogP contribution in [0, 0.1) is 5.92 Å². The number of halogens is 1. The van der Waals surface area contributed by atoms with E-state index in [1.807, 2.05) is 42.5 Å². The molecular weight excluding hydrogens is 494 g/mol. The number of nitrogens with zero attached hydrogens (tertiary/aromatic N) is 1. The first-order valence-corrected chi connectivity index (χ1v) is 13.3. The summed E-state index contributed by atoms with van der Waals surface area (Å²) in [5.41, 5.74) is 2.86. The van der Waals surface area contributed by atoms with Crippen molar-refractivity contribution in [2.24, 2.45) is 5.92 Å². The molecular formula is C33H24ClNO3. The molecule has 0 N–H and O–H groups in total. The number of carbonyl (C=O) groups excluding carboxylic acids is 3. The fourth-order valence-corrected chi connectivity index (χ4v) is 7.26. The maximum Gasteiger partial charge on any atom is 0.192 e. The van der Waals surface area contributed by atoms with Gasteiger partial charge in [0.25, 0.3) is 0 Å². The van der Waals surface area contributed by atoms with Crippen molar-refractivity contribution in [1.29, 1.82) is 0 Å². The van der Waals surface area contributed by atoms with Gasteiger partial charge >= 0.3 is 0 Å². The molecule has 3 aliphatic rings. The standard InChI is InChI=1S/C33H24ClNO3/c34-23-16-14-22(15-17-23)30(36)28-27(21-9-2-1-3-10-21)29-24-11-5-4-8-20(24)18-19-35(29)33(28)31(37)25-12-6-7-13-26(25)32(33)38/h1-17,27-29H,18-19H2/t27-,28+,29+/m0/s1. The number of benzene rings is 4. The number of rotatable bonds is 3. The molecule has 0 unspecified atom stereocenters. The van der Waals surface area contributed by atoms with Crippen LogP contribution < -0.4 is 0 Å². The van der Waals surface area contributed by atoms with Crippen LogP contribution in [0.1, 0.15) is 59.7 Å². The van der Waals surface area contributed by atoms with Crippen LogP contribution in [-0.2, 0) is 6.42 Å². The van der Waals surface area contributed by atoms with Crippen LogP contribution in [0.5, 0.6) is 0 Å². The molecule has 0 bridgehead atoms. The van der Waals surface area contributed by atoms with E-state index in [4.69, 9.17) is 11.6 Å². The summed E-state index contributed by atoms with van der Waals surface area (Å²) < 4.78 is 0. The van der Waals surface area contributed by atoms with Gasteiger partial charge in [-0.3, -0.25) is 19.3 Å². The summed E-state index contributed by atoms with van der Waals surface area (Å²) in [6, 6.07) is 31.6. The van der Waals surface area contributed by atoms with Crippen molar-refractivity contribution in [2.75, 3.05) is 6.54 Å². The zero-order valence-corrected chi connectivity index (χ0v) is 21.3. The number of hydrogen-bond donors (Lipinski definition) is 0. The molecule has 0 amide bonds. The molecule has 3 atom stereocenters. The average Bonchev–Trinajstić information content (AvgIpc) is 3.40. The van der Waals surface area contributed by atoms with E-state index in [1.54, 1.807) is 48.5 Å². The molecule has 1 fully saturated rings. The van der Waals surface area contributed by atoms with Crippen molar-refractivity contribution in [3.05, 3.63) is 142 Å². The molecule has 4 aromatic carbocycles. The molecule has 0 saturated carbocycles. The maximum atomic E-state index is 14.6. The van der Waals surface area contributed by atoms with Crippen molar-refractivity contribution in [1.82, 2.24) is 4.90 Å². The van der Waals surface area contributed by atoms with E-state index in [0.717, 1.165) is 11.1 Å². The lowest BCUT2D eigenvalue weighted by Crippen LogP contribution is -2.60. The third kappa shape index (κ3) is 3.05. The second-order valence-electron chi connectivity index (χ2n) is 10.3. The SMILES string of the molecule is O=C(c1ccc(Cl)cc1)[C@H]1[C@H](c2ccccc2)[C@H]2c3ccccc3CCN2C12C(=O)c1ccccc1C2=O. The Bertz CT molecular complexity index is 1580. The minimum absolute atomic E-state index is 0.211. The molecule has 0 aromatic heterocycles. The van der Waals surface area contributed by atoms with Crippen LogP contribution in [-0.4, -0.2) is 34.3 Å². The van der Waals surface area contributed by atoms with Gasteiger partial charge in [0.05, 0.1) is 5.92 Å². The first-order chi connectivity index (χ1) is 18.5. The lowest BCUT2D eigenvalue weighted by molar-refractivity contribution is 0.0409. The van der Waals surface area contributed by atoms with Crippen molar-refractivity contribution < 1.29 is 14.4 Å². The van der Waals surface area contributed by atoms with E-state index in [9.17, 15) is 14.4 Å². The van der Waals surface area contributed by atoms with E-state index in [1.165, 1.54) is 5.56 Å². The maximum absolute atomic E-state index is 14.6. The van der Waals surface area contributed by atoms with Gasteiger partial charge in [0, 0.05) is 40.2 Å². The first kappa shape index (κ1) is 23.3. The van der Waals surface area contributed by atoms with Crippen LogP contribution >= 0.6 is 11.6 Å². The van der Waals surface area contributed by atoms with Gasteiger partial charge in [-0.25, -0.2) is 0 Å². The molecule has 0 radical (unpaired) electrons. The summed E-state index contributed by atoms with van der Waals surface area (Å²) in [4.78, 5) is 45.8. The minimum atomic E-state index is -1.61. The Hall–Kier alpha value is -3.86. The molecule has 186 valence electrons. The highest BCUT2D eigenvalue weighted by Crippen LogP contribution is 2.61. The average molecular weight is 518 g/mol. The summed E-state index contributed by atoms with van der Waals surface area (Å²) in [5.74, 6) is -2.06. The quantitative estimate of drug-likeness (QED) is 0.234. The van der Waals surface area contributed by atoms with E-state index in [0.29, 0.717) is 34.7 Å². The summed E-state index contributed by atoms with van der Waals surface area (Å²) >= 11 is 6.16. The second kappa shape index (κ2) is 8.59. The Morgan fingerprint density at radius 3 is 2.05 bits per heavy atom. The first-order valence-electron chi connectivity index (χ1n) is 12.9. The van der Waals surface area contributed by atoms with Crippen molar-refractivity contribution in [3.8, 4) is 0 Å². The molecule has 7 rings (SSSR count). The van der Waals surface area contributed by atoms with Gasteiger partial charge in [0.15, 0.2) is 22.9 Å². The second-order valence-corrected chi connectivity index (χ2v) is 10.8. The third-order valence-electron chi connectivity index (χ3n) is 8.64. The number of fused-ring (bicyclic) bond motifs is 5. The topological polar surface area (TPSA) is 54.5 Å². The van der Waals surface area contributed by atoms with E-state index in [2.05, 4.69) is 17.0 Å². The molecule has 4 nitrogen and oxygen atoms in total. The van der Waals surface area contributed by atoms with Gasteiger partial charge in [0.1, 0.15) is 0 Å². The fraction of sp³-hybridized carbons (Fsp3) is 0.182. The third-order valence-corrected chi connectivity index (χ3v) is 8.89. The van der Waals surface area contributed by atoms with Crippen LogP contribution in [0.4, 0.5) is 0 Å². The Morgan fingerprint density at radius 1 is 0.763 bits per heavy atom. The predicted octanol–water partition coefficient (Wildman–Crippen LogP) is 6.35. The number of Topliss-reactive ketones (excluding diaryl/α,β-unsaturated/α-hetero) is 3. The molecule has 2 heterocycles. The van der Waals surface area contributed by atoms with Crippen LogP contribution in [0.15, 0.2) is 103 Å². The zero-order chi connectivity index (χ0) is 26.0. The highest BCUT2D eigenvalue weighted by Gasteiger charge is 2.72. The predicted molar refractivity (Wildman–Crippen MR) is 146 cm³/mol. The highest BCUT2D eigenvalue weighted by atomic mass is 35.5. The van der Waals surface area contributed by atoms with Gasteiger partial charge in [-0.2, -0.15) is 0 Å². The summed E-state index contributed by atoms with van der Waals surface area (Å²) in [7, 11) is 0. The molecule has 2 aliphatic heterocycles. The monoisotopic (exact) mass is 517 g/mol. The molecule has 5 heteroatoms. The summed E-state index contributed by atoms with van der Waals surface area (Å²) in [5, 5.41) is 0.522. The minimum Gasteiger partial charge on any atom is -0.294 e. The van der Waals surface area contributed by atoms with Crippen LogP contribution in [0.25, 0.3) is 0 Å². The molecule has 38 heavy (non-hydrogen) atoms. The zero-order valence-electron chi connectivity index (χ0n) is 20.5. The Labute approximate surface area is 225 Å². The van der Waals surface area contributed by atoms with Crippen LogP contribution in [0.2, 0.25) is 5.02 Å². The molecule has 1 spiro atoms. The Balaban J connectivity index is 1.54. The van der Waals surface area contributed by atoms with Crippen molar-refractivity contribution >= 4 is 29.0 Å². The number of carbonyl (C=O) groups is 3.